The molecule has 0 radical (unpaired) electrons. The van der Waals surface area contributed by atoms with Gasteiger partial charge in [-0.1, -0.05) is 19.1 Å². The Balaban J connectivity index is 2.41. The summed E-state index contributed by atoms with van der Waals surface area (Å²) in [7, 11) is 1.59. The second kappa shape index (κ2) is 8.00. The molecule has 0 heterocycles. The van der Waals surface area contributed by atoms with Crippen LogP contribution in [0.4, 0.5) is 5.69 Å². The highest BCUT2D eigenvalue weighted by Gasteiger charge is 2.21. The van der Waals surface area contributed by atoms with E-state index in [0.717, 1.165) is 5.56 Å². The van der Waals surface area contributed by atoms with E-state index >= 15 is 0 Å². The fourth-order valence-electron chi connectivity index (χ4n) is 1.99. The van der Waals surface area contributed by atoms with Crippen molar-refractivity contribution in [1.82, 2.24) is 5.32 Å². The molecule has 1 rings (SSSR count). The number of ether oxygens (including phenoxy) is 1. The van der Waals surface area contributed by atoms with Crippen LogP contribution in [-0.2, 0) is 9.53 Å². The third-order valence-corrected chi connectivity index (χ3v) is 3.51. The van der Waals surface area contributed by atoms with Crippen molar-refractivity contribution in [2.75, 3.05) is 26.0 Å². The molecule has 0 saturated heterocycles. The minimum Gasteiger partial charge on any atom is -0.399 e. The van der Waals surface area contributed by atoms with Crippen molar-refractivity contribution < 1.29 is 14.6 Å². The van der Waals surface area contributed by atoms with Crippen LogP contribution in [0.5, 0.6) is 0 Å². The van der Waals surface area contributed by atoms with Crippen molar-refractivity contribution in [1.29, 1.82) is 0 Å². The maximum Gasteiger partial charge on any atom is 0.220 e. The fourth-order valence-corrected chi connectivity index (χ4v) is 1.99. The van der Waals surface area contributed by atoms with Crippen LogP contribution in [0.3, 0.4) is 0 Å². The van der Waals surface area contributed by atoms with Gasteiger partial charge in [0.25, 0.3) is 0 Å². The quantitative estimate of drug-likeness (QED) is 0.637. The molecule has 0 aromatic heterocycles. The lowest BCUT2D eigenvalue weighted by Crippen LogP contribution is -2.41. The molecule has 0 aliphatic heterocycles. The Bertz CT molecular complexity index is 443. The predicted octanol–water partition coefficient (Wildman–Crippen LogP) is 1.67. The molecule has 0 fully saturated rings. The smallest absolute Gasteiger partial charge is 0.220 e. The minimum absolute atomic E-state index is 0.0722. The lowest BCUT2D eigenvalue weighted by Gasteiger charge is -2.23. The highest BCUT2D eigenvalue weighted by Crippen LogP contribution is 2.20. The molecule has 1 aromatic carbocycles. The van der Waals surface area contributed by atoms with Crippen molar-refractivity contribution in [3.63, 3.8) is 0 Å². The van der Waals surface area contributed by atoms with Crippen LogP contribution in [0.1, 0.15) is 38.2 Å². The van der Waals surface area contributed by atoms with Crippen LogP contribution < -0.4 is 11.1 Å². The number of carbonyl (C=O) groups excluding carboxylic acids is 1. The number of nitrogens with two attached hydrogens (primary N) is 1. The molecule has 0 bridgehead atoms. The van der Waals surface area contributed by atoms with Gasteiger partial charge in [-0.15, -0.1) is 0 Å². The second-order valence-electron chi connectivity index (χ2n) is 5.79. The van der Waals surface area contributed by atoms with Gasteiger partial charge in [0.2, 0.25) is 5.91 Å². The summed E-state index contributed by atoms with van der Waals surface area (Å²) in [6.45, 7) is 4.37. The molecule has 1 amide bonds. The Labute approximate surface area is 126 Å². The highest BCUT2D eigenvalue weighted by molar-refractivity contribution is 5.76. The summed E-state index contributed by atoms with van der Waals surface area (Å²) in [6, 6.07) is 7.53. The first-order chi connectivity index (χ1) is 9.84. The first kappa shape index (κ1) is 17.5. The number of carbonyl (C=O) groups is 1. The zero-order valence-electron chi connectivity index (χ0n) is 13.1. The van der Waals surface area contributed by atoms with Crippen molar-refractivity contribution >= 4 is 11.6 Å². The molecule has 0 aliphatic carbocycles. The molecule has 0 spiro atoms. The zero-order valence-corrected chi connectivity index (χ0v) is 13.1. The second-order valence-corrected chi connectivity index (χ2v) is 5.79. The Morgan fingerprint density at radius 3 is 2.62 bits per heavy atom. The number of benzene rings is 1. The van der Waals surface area contributed by atoms with Gasteiger partial charge in [0.1, 0.15) is 0 Å². The van der Waals surface area contributed by atoms with Gasteiger partial charge in [-0.25, -0.2) is 0 Å². The number of methoxy groups -OCH3 is 1. The van der Waals surface area contributed by atoms with Crippen molar-refractivity contribution in [2.24, 2.45) is 0 Å². The van der Waals surface area contributed by atoms with E-state index in [4.69, 9.17) is 10.5 Å². The molecule has 0 saturated carbocycles. The third-order valence-electron chi connectivity index (χ3n) is 3.51. The molecule has 2 atom stereocenters. The summed E-state index contributed by atoms with van der Waals surface area (Å²) >= 11 is 0. The number of hydrogen-bond donors (Lipinski definition) is 3. The number of hydrogen-bond acceptors (Lipinski definition) is 4. The van der Waals surface area contributed by atoms with Gasteiger partial charge in [-0.3, -0.25) is 4.79 Å². The lowest BCUT2D eigenvalue weighted by molar-refractivity contribution is -0.122. The Hall–Kier alpha value is -1.59. The predicted molar refractivity (Wildman–Crippen MR) is 84.0 cm³/mol. The summed E-state index contributed by atoms with van der Waals surface area (Å²) < 4.78 is 4.93. The molecule has 0 aliphatic rings. The van der Waals surface area contributed by atoms with E-state index in [-0.39, 0.29) is 18.4 Å². The summed E-state index contributed by atoms with van der Waals surface area (Å²) in [5.41, 5.74) is 6.49. The van der Waals surface area contributed by atoms with Gasteiger partial charge in [0.15, 0.2) is 0 Å². The van der Waals surface area contributed by atoms with E-state index < -0.39 is 5.60 Å². The van der Waals surface area contributed by atoms with Gasteiger partial charge in [-0.05, 0) is 30.5 Å². The van der Waals surface area contributed by atoms with Crippen LogP contribution in [-0.4, -0.2) is 36.9 Å². The zero-order chi connectivity index (χ0) is 15.9. The van der Waals surface area contributed by atoms with Gasteiger partial charge < -0.3 is 20.9 Å². The van der Waals surface area contributed by atoms with E-state index in [9.17, 15) is 9.90 Å². The van der Waals surface area contributed by atoms with E-state index in [0.29, 0.717) is 25.1 Å². The Kier molecular flexibility index (Phi) is 6.65. The van der Waals surface area contributed by atoms with E-state index in [1.807, 2.05) is 31.2 Å². The first-order valence-corrected chi connectivity index (χ1v) is 7.17. The lowest BCUT2D eigenvalue weighted by atomic mass is 9.97. The molecule has 1 aromatic rings. The van der Waals surface area contributed by atoms with Crippen molar-refractivity contribution in [3.8, 4) is 0 Å². The summed E-state index contributed by atoms with van der Waals surface area (Å²) in [5, 5.41) is 12.8. The van der Waals surface area contributed by atoms with Gasteiger partial charge >= 0.3 is 0 Å². The molecular formula is C16H26N2O3. The molecule has 5 heteroatoms. The van der Waals surface area contributed by atoms with Gasteiger partial charge in [0, 0.05) is 38.8 Å². The summed E-state index contributed by atoms with van der Waals surface area (Å²) in [6.07, 6.45) is 0.863. The van der Waals surface area contributed by atoms with Gasteiger partial charge in [-0.2, -0.15) is 0 Å². The summed E-state index contributed by atoms with van der Waals surface area (Å²) in [4.78, 5) is 11.9. The number of amides is 1. The molecule has 5 nitrogen and oxygen atoms in total. The largest absolute Gasteiger partial charge is 0.399 e. The molecule has 4 N–H and O–H groups in total. The third kappa shape index (κ3) is 6.60. The topological polar surface area (TPSA) is 84.6 Å². The highest BCUT2D eigenvalue weighted by atomic mass is 16.5. The SMILES string of the molecule is COCCC(C)(O)CNC(=O)CC(C)c1ccc(N)cc1. The van der Waals surface area contributed by atoms with Crippen LogP contribution >= 0.6 is 0 Å². The van der Waals surface area contributed by atoms with Crippen LogP contribution in [0.15, 0.2) is 24.3 Å². The number of nitrogen functional groups attached to an aromatic ring is 1. The van der Waals surface area contributed by atoms with E-state index in [2.05, 4.69) is 5.32 Å². The Morgan fingerprint density at radius 1 is 1.43 bits per heavy atom. The molecular weight excluding hydrogens is 268 g/mol. The van der Waals surface area contributed by atoms with Crippen LogP contribution in [0.25, 0.3) is 0 Å². The average molecular weight is 294 g/mol. The molecule has 2 unspecified atom stereocenters. The summed E-state index contributed by atoms with van der Waals surface area (Å²) in [5.74, 6) is 0.0338. The standard InChI is InChI=1S/C16H26N2O3/c1-12(13-4-6-14(17)7-5-13)10-15(19)18-11-16(2,20)8-9-21-3/h4-7,12,20H,8-11,17H2,1-3H3,(H,18,19). The molecule has 21 heavy (non-hydrogen) atoms. The number of rotatable bonds is 8. The first-order valence-electron chi connectivity index (χ1n) is 7.17. The van der Waals surface area contributed by atoms with Crippen molar-refractivity contribution in [3.05, 3.63) is 29.8 Å². The number of nitrogens with one attached hydrogen (secondary N) is 1. The monoisotopic (exact) mass is 294 g/mol. The Morgan fingerprint density at radius 2 is 2.05 bits per heavy atom. The maximum absolute atomic E-state index is 11.9. The van der Waals surface area contributed by atoms with Crippen molar-refractivity contribution in [2.45, 2.75) is 38.2 Å². The average Bonchev–Trinajstić information content (AvgIpc) is 2.44. The fraction of sp³-hybridized carbons (Fsp3) is 0.562. The molecule has 118 valence electrons. The number of anilines is 1. The minimum atomic E-state index is -0.948. The van der Waals surface area contributed by atoms with Crippen LogP contribution in [0, 0.1) is 0 Å². The van der Waals surface area contributed by atoms with Crippen LogP contribution in [0.2, 0.25) is 0 Å². The number of aliphatic hydroxyl groups is 1. The van der Waals surface area contributed by atoms with Gasteiger partial charge in [0.05, 0.1) is 5.60 Å². The van der Waals surface area contributed by atoms with E-state index in [1.54, 1.807) is 14.0 Å². The maximum atomic E-state index is 11.9. The van der Waals surface area contributed by atoms with E-state index in [1.165, 1.54) is 0 Å². The normalized spacial score (nSPS) is 15.2.